The van der Waals surface area contributed by atoms with Gasteiger partial charge in [0.25, 0.3) is 17.7 Å². The van der Waals surface area contributed by atoms with Crippen molar-refractivity contribution in [2.75, 3.05) is 55.6 Å². The Hall–Kier alpha value is -6.16. The Balaban J connectivity index is 0.682. The summed E-state index contributed by atoms with van der Waals surface area (Å²) in [5, 5.41) is 22.7. The van der Waals surface area contributed by atoms with Gasteiger partial charge in [-0.15, -0.1) is 10.2 Å². The first kappa shape index (κ1) is 42.2. The van der Waals surface area contributed by atoms with Crippen LogP contribution in [0.1, 0.15) is 107 Å². The maximum atomic E-state index is 13.4. The van der Waals surface area contributed by atoms with Gasteiger partial charge < -0.3 is 24.8 Å². The summed E-state index contributed by atoms with van der Waals surface area (Å²) in [4.78, 5) is 75.9. The molecule has 1 spiro atoms. The van der Waals surface area contributed by atoms with Crippen molar-refractivity contribution < 1.29 is 41.9 Å². The average molecular weight is 869 g/mol. The molecule has 5 fully saturated rings. The number of hydrogen-bond donors (Lipinski definition) is 2. The number of nitriles is 1. The van der Waals surface area contributed by atoms with E-state index < -0.39 is 47.0 Å². The molecule has 5 amide bonds. The first-order chi connectivity index (χ1) is 30.3. The molecule has 4 saturated heterocycles. The molecular weight excluding hydrogens is 822 g/mol. The van der Waals surface area contributed by atoms with E-state index in [1.165, 1.54) is 12.3 Å². The fraction of sp³-hybridized carbons (Fsp3) is 0.523. The number of carbonyl (C=O) groups is 5. The van der Waals surface area contributed by atoms with Crippen LogP contribution in [0.3, 0.4) is 0 Å². The van der Waals surface area contributed by atoms with Crippen molar-refractivity contribution in [3.63, 3.8) is 0 Å². The maximum Gasteiger partial charge on any atom is 0.417 e. The number of carbonyl (C=O) groups excluding carboxylic acids is 5. The average Bonchev–Trinajstić information content (AvgIpc) is 3.51. The lowest BCUT2D eigenvalue weighted by molar-refractivity contribution is -0.138. The molecule has 16 nitrogen and oxygen atoms in total. The number of rotatable bonds is 9. The molecule has 2 N–H and O–H groups in total. The van der Waals surface area contributed by atoms with E-state index in [2.05, 4.69) is 40.5 Å². The SMILES string of the molecule is N#Cc1ccc(OC2CCC(NC(=O)c3cnc(N4CCC(CN5CCC6(CC5)CN(c5ccc7c(c5)C(=O)N(C5CCC(=O)NC5=O)C7=O)C6)CC4)nn3)CC2)cc1C(F)(F)F. The number of amides is 5. The van der Waals surface area contributed by atoms with Crippen molar-refractivity contribution in [1.82, 2.24) is 35.6 Å². The topological polar surface area (TPSA) is 194 Å². The minimum Gasteiger partial charge on any atom is -0.490 e. The van der Waals surface area contributed by atoms with Gasteiger partial charge in [0, 0.05) is 56.3 Å². The van der Waals surface area contributed by atoms with Gasteiger partial charge in [-0.2, -0.15) is 18.4 Å². The van der Waals surface area contributed by atoms with Crippen LogP contribution in [0.5, 0.6) is 5.75 Å². The summed E-state index contributed by atoms with van der Waals surface area (Å²) in [6.45, 7) is 6.39. The smallest absolute Gasteiger partial charge is 0.417 e. The van der Waals surface area contributed by atoms with Gasteiger partial charge >= 0.3 is 6.18 Å². The zero-order valence-corrected chi connectivity index (χ0v) is 34.5. The highest BCUT2D eigenvalue weighted by atomic mass is 19.4. The van der Waals surface area contributed by atoms with Crippen molar-refractivity contribution in [2.45, 2.75) is 88.6 Å². The lowest BCUT2D eigenvalue weighted by atomic mass is 9.71. The highest BCUT2D eigenvalue weighted by molar-refractivity contribution is 6.23. The van der Waals surface area contributed by atoms with Crippen LogP contribution >= 0.6 is 0 Å². The number of likely N-dealkylation sites (tertiary alicyclic amines) is 1. The number of halogens is 3. The van der Waals surface area contributed by atoms with Gasteiger partial charge in [0.2, 0.25) is 17.8 Å². The highest BCUT2D eigenvalue weighted by Gasteiger charge is 2.48. The summed E-state index contributed by atoms with van der Waals surface area (Å²) in [5.41, 5.74) is 0.314. The molecule has 63 heavy (non-hydrogen) atoms. The number of piperidine rings is 3. The number of nitrogens with zero attached hydrogens (tertiary/aromatic N) is 8. The molecule has 0 radical (unpaired) electrons. The third-order valence-corrected chi connectivity index (χ3v) is 13.7. The molecule has 2 aromatic carbocycles. The predicted molar refractivity (Wildman–Crippen MR) is 218 cm³/mol. The Morgan fingerprint density at radius 2 is 1.62 bits per heavy atom. The maximum absolute atomic E-state index is 13.4. The standard InChI is InChI=1S/C44H47F3N10O6/c45-44(46,47)34-20-31(5-1-27(34)21-48)63-30-6-2-28(3-7-30)50-38(59)35-22-49-42(53-52-35)55-15-11-26(12-16-55)23-54-17-13-43(14-18-54)24-56(25-43)29-4-8-32-33(19-29)41(62)57(40(32)61)36-9-10-37(58)51-39(36)60/h1,4-5,8,19-20,22,26,28,30,36H,2-3,6-7,9-18,23-25H2,(H,50,59)(H,51,58,60). The van der Waals surface area contributed by atoms with Crippen molar-refractivity contribution >= 4 is 41.2 Å². The molecule has 3 aromatic rings. The van der Waals surface area contributed by atoms with Crippen molar-refractivity contribution in [2.24, 2.45) is 11.3 Å². The van der Waals surface area contributed by atoms with E-state index in [1.54, 1.807) is 18.2 Å². The van der Waals surface area contributed by atoms with Gasteiger partial charge in [0.05, 0.1) is 40.6 Å². The zero-order chi connectivity index (χ0) is 44.0. The first-order valence-electron chi connectivity index (χ1n) is 21.6. The van der Waals surface area contributed by atoms with E-state index in [0.717, 1.165) is 94.2 Å². The summed E-state index contributed by atoms with van der Waals surface area (Å²) in [7, 11) is 0. The van der Waals surface area contributed by atoms with E-state index in [1.807, 2.05) is 6.07 Å². The summed E-state index contributed by atoms with van der Waals surface area (Å²) in [5.74, 6) is -1.32. The van der Waals surface area contributed by atoms with Crippen LogP contribution in [0.4, 0.5) is 24.8 Å². The fourth-order valence-electron chi connectivity index (χ4n) is 10.0. The molecule has 6 aliphatic rings. The monoisotopic (exact) mass is 868 g/mol. The second-order valence-electron chi connectivity index (χ2n) is 17.8. The lowest BCUT2D eigenvalue weighted by Gasteiger charge is -2.55. The third-order valence-electron chi connectivity index (χ3n) is 13.7. The second kappa shape index (κ2) is 16.8. The van der Waals surface area contributed by atoms with Crippen molar-refractivity contribution in [1.29, 1.82) is 5.26 Å². The van der Waals surface area contributed by atoms with Gasteiger partial charge in [0.1, 0.15) is 11.8 Å². The second-order valence-corrected chi connectivity index (χ2v) is 17.8. The summed E-state index contributed by atoms with van der Waals surface area (Å²) >= 11 is 0. The summed E-state index contributed by atoms with van der Waals surface area (Å²) < 4.78 is 45.9. The molecule has 6 heterocycles. The van der Waals surface area contributed by atoms with Gasteiger partial charge in [-0.3, -0.25) is 34.2 Å². The number of hydrogen-bond acceptors (Lipinski definition) is 13. The number of benzene rings is 2. The number of fused-ring (bicyclic) bond motifs is 1. The van der Waals surface area contributed by atoms with Crippen LogP contribution < -0.4 is 25.2 Å². The van der Waals surface area contributed by atoms with Gasteiger partial charge in [-0.05, 0) is 113 Å². The number of alkyl halides is 3. The van der Waals surface area contributed by atoms with Crippen LogP contribution in [0.2, 0.25) is 0 Å². The van der Waals surface area contributed by atoms with Gasteiger partial charge in [-0.1, -0.05) is 0 Å². The van der Waals surface area contributed by atoms with Crippen LogP contribution in [-0.4, -0.2) is 119 Å². The van der Waals surface area contributed by atoms with E-state index in [4.69, 9.17) is 10.00 Å². The molecule has 1 aliphatic carbocycles. The quantitative estimate of drug-likeness (QED) is 0.292. The Morgan fingerprint density at radius 3 is 2.29 bits per heavy atom. The zero-order valence-electron chi connectivity index (χ0n) is 34.5. The lowest BCUT2D eigenvalue weighted by Crippen LogP contribution is -2.60. The van der Waals surface area contributed by atoms with Crippen LogP contribution in [0, 0.1) is 22.7 Å². The molecular formula is C44H47F3N10O6. The molecule has 1 unspecified atom stereocenters. The fourth-order valence-corrected chi connectivity index (χ4v) is 10.0. The largest absolute Gasteiger partial charge is 0.490 e. The van der Waals surface area contributed by atoms with E-state index in [9.17, 15) is 37.1 Å². The van der Waals surface area contributed by atoms with Crippen molar-refractivity contribution in [3.05, 3.63) is 70.5 Å². The minimum absolute atomic E-state index is 0.0550. The summed E-state index contributed by atoms with van der Waals surface area (Å²) in [6.07, 6.45) is 3.02. The number of nitrogens with one attached hydrogen (secondary N) is 2. The molecule has 5 aliphatic heterocycles. The van der Waals surface area contributed by atoms with Crippen LogP contribution in [-0.2, 0) is 15.8 Å². The van der Waals surface area contributed by atoms with Gasteiger partial charge in [0.15, 0.2) is 5.69 Å². The molecule has 1 atom stereocenters. The molecule has 1 aromatic heterocycles. The molecule has 330 valence electrons. The van der Waals surface area contributed by atoms with Crippen molar-refractivity contribution in [3.8, 4) is 11.8 Å². The normalized spacial score (nSPS) is 24.2. The molecule has 19 heteroatoms. The highest BCUT2D eigenvalue weighted by Crippen LogP contribution is 2.44. The first-order valence-corrected chi connectivity index (χ1v) is 21.6. The minimum atomic E-state index is -4.66. The van der Waals surface area contributed by atoms with E-state index >= 15 is 0 Å². The van der Waals surface area contributed by atoms with Crippen LogP contribution in [0.25, 0.3) is 0 Å². The molecule has 9 rings (SSSR count). The Morgan fingerprint density at radius 1 is 0.889 bits per heavy atom. The molecule has 1 saturated carbocycles. The number of imide groups is 2. The van der Waals surface area contributed by atoms with E-state index in [0.29, 0.717) is 43.1 Å². The Kier molecular flexibility index (Phi) is 11.3. The number of ether oxygens (including phenoxy) is 1. The molecule has 0 bridgehead atoms. The van der Waals surface area contributed by atoms with Gasteiger partial charge in [-0.25, -0.2) is 4.98 Å². The Bertz CT molecular complexity index is 2340. The predicted octanol–water partition coefficient (Wildman–Crippen LogP) is 4.10. The van der Waals surface area contributed by atoms with Crippen LogP contribution in [0.15, 0.2) is 42.6 Å². The summed E-state index contributed by atoms with van der Waals surface area (Å²) in [6, 6.07) is 9.09. The third kappa shape index (κ3) is 8.64. The number of aromatic nitrogens is 3. The number of anilines is 2. The Labute approximate surface area is 361 Å². The van der Waals surface area contributed by atoms with E-state index in [-0.39, 0.29) is 53.3 Å².